The fourth-order valence-corrected chi connectivity index (χ4v) is 3.65. The first kappa shape index (κ1) is 13.5. The van der Waals surface area contributed by atoms with Crippen LogP contribution >= 0.6 is 0 Å². The summed E-state index contributed by atoms with van der Waals surface area (Å²) in [4.78, 5) is 2.31. The van der Waals surface area contributed by atoms with Gasteiger partial charge in [-0.3, -0.25) is 0 Å². The lowest BCUT2D eigenvalue weighted by Gasteiger charge is -2.39. The van der Waals surface area contributed by atoms with Crippen LogP contribution in [0.4, 0.5) is 0 Å². The number of phenols is 1. The second kappa shape index (κ2) is 4.79. The fourth-order valence-electron chi connectivity index (χ4n) is 3.65. The molecule has 0 spiro atoms. The van der Waals surface area contributed by atoms with Gasteiger partial charge in [0.05, 0.1) is 13.2 Å². The van der Waals surface area contributed by atoms with Crippen LogP contribution in [0.3, 0.4) is 0 Å². The summed E-state index contributed by atoms with van der Waals surface area (Å²) in [6.07, 6.45) is 5.44. The molecule has 0 bridgehead atoms. The summed E-state index contributed by atoms with van der Waals surface area (Å²) in [5, 5.41) is 19.7. The van der Waals surface area contributed by atoms with E-state index in [0.717, 1.165) is 24.9 Å². The van der Waals surface area contributed by atoms with Crippen molar-refractivity contribution in [1.29, 1.82) is 0 Å². The highest BCUT2D eigenvalue weighted by Gasteiger charge is 2.47. The number of likely N-dealkylation sites (tertiary alicyclic amines) is 1. The molecule has 3 rings (SSSR count). The summed E-state index contributed by atoms with van der Waals surface area (Å²) in [5.41, 5.74) is 1.05. The van der Waals surface area contributed by atoms with Crippen LogP contribution in [0.25, 0.3) is 0 Å². The van der Waals surface area contributed by atoms with Gasteiger partial charge in [-0.1, -0.05) is 18.2 Å². The van der Waals surface area contributed by atoms with E-state index in [0.29, 0.717) is 5.75 Å². The second-order valence-electron chi connectivity index (χ2n) is 5.84. The first-order chi connectivity index (χ1) is 9.56. The lowest BCUT2D eigenvalue weighted by Crippen LogP contribution is -2.44. The van der Waals surface area contributed by atoms with E-state index in [1.807, 2.05) is 18.2 Å². The average Bonchev–Trinajstić information content (AvgIpc) is 2.78. The zero-order valence-electron chi connectivity index (χ0n) is 11.9. The van der Waals surface area contributed by atoms with E-state index in [2.05, 4.69) is 18.0 Å². The van der Waals surface area contributed by atoms with Crippen molar-refractivity contribution >= 4 is 0 Å². The van der Waals surface area contributed by atoms with Gasteiger partial charge in [-0.05, 0) is 44.1 Å². The largest absolute Gasteiger partial charge is 0.504 e. The Morgan fingerprint density at radius 1 is 1.40 bits per heavy atom. The number of hydrogen-bond acceptors (Lipinski definition) is 4. The van der Waals surface area contributed by atoms with E-state index in [-0.39, 0.29) is 23.3 Å². The lowest BCUT2D eigenvalue weighted by molar-refractivity contribution is 0.137. The van der Waals surface area contributed by atoms with Crippen LogP contribution in [0.5, 0.6) is 11.5 Å². The third-order valence-electron chi connectivity index (χ3n) is 4.80. The van der Waals surface area contributed by atoms with Crippen molar-refractivity contribution in [3.8, 4) is 11.5 Å². The summed E-state index contributed by atoms with van der Waals surface area (Å²) in [6, 6.07) is 5.86. The number of aromatic hydroxyl groups is 1. The van der Waals surface area contributed by atoms with Crippen LogP contribution in [-0.2, 0) is 5.41 Å². The summed E-state index contributed by atoms with van der Waals surface area (Å²) in [7, 11) is 3.67. The van der Waals surface area contributed by atoms with Gasteiger partial charge in [0.15, 0.2) is 11.5 Å². The molecule has 1 saturated heterocycles. The molecule has 1 aliphatic heterocycles. The molecule has 4 nitrogen and oxygen atoms in total. The van der Waals surface area contributed by atoms with Gasteiger partial charge in [0.25, 0.3) is 0 Å². The molecule has 1 aromatic rings. The van der Waals surface area contributed by atoms with Gasteiger partial charge in [-0.25, -0.2) is 0 Å². The monoisotopic (exact) mass is 275 g/mol. The highest BCUT2D eigenvalue weighted by Crippen LogP contribution is 2.46. The maximum absolute atomic E-state index is 9.90. The number of ether oxygens (including phenoxy) is 1. The van der Waals surface area contributed by atoms with Crippen molar-refractivity contribution in [2.45, 2.75) is 30.4 Å². The van der Waals surface area contributed by atoms with Crippen molar-refractivity contribution in [3.63, 3.8) is 0 Å². The van der Waals surface area contributed by atoms with Crippen LogP contribution in [0, 0.1) is 0 Å². The summed E-state index contributed by atoms with van der Waals surface area (Å²) >= 11 is 0. The Labute approximate surface area is 119 Å². The predicted molar refractivity (Wildman–Crippen MR) is 77.1 cm³/mol. The van der Waals surface area contributed by atoms with Crippen molar-refractivity contribution < 1.29 is 14.9 Å². The highest BCUT2D eigenvalue weighted by atomic mass is 16.5. The van der Waals surface area contributed by atoms with Crippen LogP contribution in [-0.4, -0.2) is 48.0 Å². The van der Waals surface area contributed by atoms with E-state index in [4.69, 9.17) is 4.74 Å². The van der Waals surface area contributed by atoms with Crippen LogP contribution in [0.1, 0.15) is 18.4 Å². The lowest BCUT2D eigenvalue weighted by atomic mass is 9.69. The molecule has 0 saturated carbocycles. The molecule has 0 unspecified atom stereocenters. The van der Waals surface area contributed by atoms with E-state index in [1.165, 1.54) is 0 Å². The molecular formula is C16H21NO3. The van der Waals surface area contributed by atoms with E-state index in [9.17, 15) is 10.2 Å². The van der Waals surface area contributed by atoms with E-state index in [1.54, 1.807) is 13.2 Å². The SMILES string of the molecule is COc1cc([C@@]23C=C[C@H](O)C[C@@H]2N(C)CC3)ccc1O. The molecule has 2 N–H and O–H groups in total. The molecular weight excluding hydrogens is 254 g/mol. The summed E-state index contributed by atoms with van der Waals surface area (Å²) < 4.78 is 5.23. The number of fused-ring (bicyclic) bond motifs is 1. The third kappa shape index (κ3) is 1.91. The molecule has 0 radical (unpaired) electrons. The topological polar surface area (TPSA) is 52.9 Å². The molecule has 108 valence electrons. The van der Waals surface area contributed by atoms with Crippen molar-refractivity contribution in [1.82, 2.24) is 4.90 Å². The minimum Gasteiger partial charge on any atom is -0.504 e. The molecule has 0 amide bonds. The molecule has 3 atom stereocenters. The number of aliphatic hydroxyl groups is 1. The average molecular weight is 275 g/mol. The Morgan fingerprint density at radius 2 is 2.20 bits per heavy atom. The highest BCUT2D eigenvalue weighted by molar-refractivity contribution is 5.48. The number of rotatable bonds is 2. The molecule has 20 heavy (non-hydrogen) atoms. The third-order valence-corrected chi connectivity index (χ3v) is 4.80. The van der Waals surface area contributed by atoms with Crippen molar-refractivity contribution in [2.75, 3.05) is 20.7 Å². The number of nitrogens with zero attached hydrogens (tertiary/aromatic N) is 1. The maximum Gasteiger partial charge on any atom is 0.160 e. The summed E-state index contributed by atoms with van der Waals surface area (Å²) in [5.74, 6) is 0.667. The Kier molecular flexibility index (Phi) is 3.22. The molecule has 2 aliphatic rings. The van der Waals surface area contributed by atoms with Gasteiger partial charge in [-0.15, -0.1) is 0 Å². The number of likely N-dealkylation sites (N-methyl/N-ethyl adjacent to an activating group) is 1. The first-order valence-corrected chi connectivity index (χ1v) is 7.02. The Morgan fingerprint density at radius 3 is 2.95 bits per heavy atom. The molecule has 1 heterocycles. The number of benzene rings is 1. The van der Waals surface area contributed by atoms with Crippen LogP contribution < -0.4 is 4.74 Å². The normalized spacial score (nSPS) is 33.1. The molecule has 4 heteroatoms. The molecule has 0 aromatic heterocycles. The zero-order chi connectivity index (χ0) is 14.3. The van der Waals surface area contributed by atoms with E-state index >= 15 is 0 Å². The maximum atomic E-state index is 9.90. The van der Waals surface area contributed by atoms with Gasteiger partial charge < -0.3 is 19.8 Å². The Bertz CT molecular complexity index is 543. The quantitative estimate of drug-likeness (QED) is 0.806. The number of phenolic OH excluding ortho intramolecular Hbond substituents is 1. The van der Waals surface area contributed by atoms with Crippen LogP contribution in [0.2, 0.25) is 0 Å². The number of hydrogen-bond donors (Lipinski definition) is 2. The minimum absolute atomic E-state index is 0.0883. The molecule has 1 fully saturated rings. The van der Waals surface area contributed by atoms with Gasteiger partial charge in [0, 0.05) is 11.5 Å². The fraction of sp³-hybridized carbons (Fsp3) is 0.500. The minimum atomic E-state index is -0.368. The molecule has 1 aliphatic carbocycles. The van der Waals surface area contributed by atoms with Gasteiger partial charge in [-0.2, -0.15) is 0 Å². The second-order valence-corrected chi connectivity index (χ2v) is 5.84. The Hall–Kier alpha value is -1.52. The standard InChI is InChI=1S/C16H21NO3/c1-17-8-7-16(6-5-12(18)10-15(16)17)11-3-4-13(19)14(9-11)20-2/h3-6,9,12,15,18-19H,7-8,10H2,1-2H3/t12-,15-,16-/m0/s1. The number of aliphatic hydroxyl groups excluding tert-OH is 1. The van der Waals surface area contributed by atoms with Crippen LogP contribution in [0.15, 0.2) is 30.4 Å². The van der Waals surface area contributed by atoms with Crippen molar-refractivity contribution in [3.05, 3.63) is 35.9 Å². The first-order valence-electron chi connectivity index (χ1n) is 7.02. The Balaban J connectivity index is 2.08. The van der Waals surface area contributed by atoms with Crippen molar-refractivity contribution in [2.24, 2.45) is 0 Å². The zero-order valence-corrected chi connectivity index (χ0v) is 11.9. The van der Waals surface area contributed by atoms with E-state index < -0.39 is 0 Å². The number of methoxy groups -OCH3 is 1. The smallest absolute Gasteiger partial charge is 0.160 e. The molecule has 1 aromatic carbocycles. The summed E-state index contributed by atoms with van der Waals surface area (Å²) in [6.45, 7) is 1.00. The van der Waals surface area contributed by atoms with Gasteiger partial charge >= 0.3 is 0 Å². The predicted octanol–water partition coefficient (Wildman–Crippen LogP) is 1.66. The van der Waals surface area contributed by atoms with Gasteiger partial charge in [0.2, 0.25) is 0 Å². The van der Waals surface area contributed by atoms with Gasteiger partial charge in [0.1, 0.15) is 0 Å².